The van der Waals surface area contributed by atoms with Crippen LogP contribution in [0.25, 0.3) is 0 Å². The Balaban J connectivity index is 0.00000220. The van der Waals surface area contributed by atoms with Crippen molar-refractivity contribution in [3.8, 4) is 0 Å². The van der Waals surface area contributed by atoms with Crippen molar-refractivity contribution >= 4 is 34.8 Å². The molecule has 0 bridgehead atoms. The van der Waals surface area contributed by atoms with Crippen LogP contribution in [-0.2, 0) is 6.54 Å². The van der Waals surface area contributed by atoms with Gasteiger partial charge in [-0.1, -0.05) is 25.2 Å². The van der Waals surface area contributed by atoms with Gasteiger partial charge in [-0.25, -0.2) is 0 Å². The van der Waals surface area contributed by atoms with Crippen molar-refractivity contribution in [3.63, 3.8) is 0 Å². The smallest absolute Gasteiger partial charge is 0.260 e. The van der Waals surface area contributed by atoms with Crippen LogP contribution in [0.5, 0.6) is 0 Å². The molecule has 116 valence electrons. The summed E-state index contributed by atoms with van der Waals surface area (Å²) in [5, 5.41) is 12.3. The molecule has 8 heteroatoms. The molecule has 0 saturated carbocycles. The monoisotopic (exact) mass is 330 g/mol. The van der Waals surface area contributed by atoms with E-state index in [1.54, 1.807) is 6.07 Å². The van der Waals surface area contributed by atoms with Crippen LogP contribution < -0.4 is 11.1 Å². The number of anilines is 1. The van der Waals surface area contributed by atoms with Crippen LogP contribution in [0.4, 0.5) is 5.13 Å². The number of hydrogen-bond acceptors (Lipinski definition) is 6. The number of hydrogen-bond donors (Lipinski definition) is 2. The highest BCUT2D eigenvalue weighted by Gasteiger charge is 2.16. The van der Waals surface area contributed by atoms with Crippen molar-refractivity contribution in [2.24, 2.45) is 5.73 Å². The second-order valence-corrected chi connectivity index (χ2v) is 5.43. The second kappa shape index (κ2) is 8.11. The van der Waals surface area contributed by atoms with Gasteiger partial charge in [0.2, 0.25) is 5.13 Å². The Labute approximate surface area is 133 Å². The fraction of sp³-hybridized carbons (Fsp3) is 0.462. The van der Waals surface area contributed by atoms with Gasteiger partial charge in [-0.3, -0.25) is 10.1 Å². The van der Waals surface area contributed by atoms with Crippen molar-refractivity contribution in [2.45, 2.75) is 39.2 Å². The number of carbonyl (C=O) groups excluding carboxylic acids is 1. The van der Waals surface area contributed by atoms with E-state index in [1.807, 2.05) is 0 Å². The Morgan fingerprint density at radius 1 is 1.43 bits per heavy atom. The van der Waals surface area contributed by atoms with E-state index in [9.17, 15) is 4.79 Å². The van der Waals surface area contributed by atoms with E-state index < -0.39 is 0 Å². The zero-order valence-corrected chi connectivity index (χ0v) is 13.6. The molecule has 0 aliphatic heterocycles. The van der Waals surface area contributed by atoms with Crippen molar-refractivity contribution in [3.05, 3.63) is 28.7 Å². The van der Waals surface area contributed by atoms with E-state index in [0.29, 0.717) is 22.4 Å². The lowest BCUT2D eigenvalue weighted by Crippen LogP contribution is -2.10. The normalized spacial score (nSPS) is 10.5. The van der Waals surface area contributed by atoms with Crippen molar-refractivity contribution in [1.29, 1.82) is 0 Å². The first kappa shape index (κ1) is 17.6. The van der Waals surface area contributed by atoms with Crippen LogP contribution in [0, 0.1) is 0 Å². The summed E-state index contributed by atoms with van der Waals surface area (Å²) in [6.07, 6.45) is 3.42. The highest BCUT2D eigenvalue weighted by molar-refractivity contribution is 7.15. The molecule has 2 rings (SSSR count). The molecule has 2 heterocycles. The molecule has 1 amide bonds. The van der Waals surface area contributed by atoms with Gasteiger partial charge in [-0.15, -0.1) is 22.6 Å². The molecule has 0 aliphatic rings. The Kier molecular flexibility index (Phi) is 6.80. The quantitative estimate of drug-likeness (QED) is 0.848. The molecular formula is C13H19ClN4O2S. The van der Waals surface area contributed by atoms with E-state index in [1.165, 1.54) is 17.6 Å². The summed E-state index contributed by atoms with van der Waals surface area (Å²) in [4.78, 5) is 12.0. The molecule has 0 saturated heterocycles. The predicted octanol–water partition coefficient (Wildman–Crippen LogP) is 3.17. The van der Waals surface area contributed by atoms with Gasteiger partial charge in [0, 0.05) is 5.92 Å². The number of aromatic nitrogens is 2. The van der Waals surface area contributed by atoms with Crippen molar-refractivity contribution in [2.75, 3.05) is 5.32 Å². The van der Waals surface area contributed by atoms with Crippen LogP contribution in [0.15, 0.2) is 16.7 Å². The Bertz CT molecular complexity index is 580. The number of rotatable bonds is 6. The van der Waals surface area contributed by atoms with Crippen LogP contribution in [0.3, 0.4) is 0 Å². The topological polar surface area (TPSA) is 94.0 Å². The molecule has 3 N–H and O–H groups in total. The highest BCUT2D eigenvalue weighted by atomic mass is 35.5. The predicted molar refractivity (Wildman–Crippen MR) is 85.0 cm³/mol. The molecular weight excluding hydrogens is 312 g/mol. The average Bonchev–Trinajstić information content (AvgIpc) is 3.09. The Morgan fingerprint density at radius 2 is 2.14 bits per heavy atom. The van der Waals surface area contributed by atoms with Crippen molar-refractivity contribution in [1.82, 2.24) is 10.2 Å². The second-order valence-electron chi connectivity index (χ2n) is 4.42. The maximum Gasteiger partial charge on any atom is 0.260 e. The summed E-state index contributed by atoms with van der Waals surface area (Å²) in [6, 6.07) is 1.62. The lowest BCUT2D eigenvalue weighted by atomic mass is 10.1. The maximum atomic E-state index is 12.0. The number of amides is 1. The maximum absolute atomic E-state index is 12.0. The third-order valence-electron chi connectivity index (χ3n) is 3.11. The Morgan fingerprint density at radius 3 is 2.71 bits per heavy atom. The molecule has 0 radical (unpaired) electrons. The van der Waals surface area contributed by atoms with Gasteiger partial charge in [-0.2, -0.15) is 0 Å². The largest absolute Gasteiger partial charge is 0.467 e. The summed E-state index contributed by atoms with van der Waals surface area (Å²) in [6.45, 7) is 4.51. The van der Waals surface area contributed by atoms with E-state index in [4.69, 9.17) is 10.2 Å². The first-order valence-electron chi connectivity index (χ1n) is 6.60. The molecule has 0 aromatic carbocycles. The number of furan rings is 1. The molecule has 0 unspecified atom stereocenters. The van der Waals surface area contributed by atoms with E-state index in [0.717, 1.165) is 17.8 Å². The molecule has 0 aliphatic carbocycles. The molecule has 0 spiro atoms. The summed E-state index contributed by atoms with van der Waals surface area (Å²) in [5.74, 6) is 0.710. The first-order valence-corrected chi connectivity index (χ1v) is 7.41. The molecule has 21 heavy (non-hydrogen) atoms. The minimum absolute atomic E-state index is 0. The SMILES string of the molecule is CCC(CC)c1nnc(NC(=O)c2coc(CN)c2)s1.Cl. The van der Waals surface area contributed by atoms with E-state index in [-0.39, 0.29) is 24.9 Å². The average molecular weight is 331 g/mol. The molecule has 0 atom stereocenters. The summed E-state index contributed by atoms with van der Waals surface area (Å²) in [7, 11) is 0. The van der Waals surface area contributed by atoms with Gasteiger partial charge in [0.25, 0.3) is 5.91 Å². The van der Waals surface area contributed by atoms with Crippen molar-refractivity contribution < 1.29 is 9.21 Å². The van der Waals surface area contributed by atoms with Gasteiger partial charge in [0.1, 0.15) is 17.0 Å². The molecule has 6 nitrogen and oxygen atoms in total. The summed E-state index contributed by atoms with van der Waals surface area (Å²) >= 11 is 1.42. The van der Waals surface area contributed by atoms with Gasteiger partial charge in [0.05, 0.1) is 12.1 Å². The lowest BCUT2D eigenvalue weighted by Gasteiger charge is -2.05. The lowest BCUT2D eigenvalue weighted by molar-refractivity contribution is 0.102. The third-order valence-corrected chi connectivity index (χ3v) is 4.11. The zero-order chi connectivity index (χ0) is 14.5. The van der Waals surface area contributed by atoms with Gasteiger partial charge in [0.15, 0.2) is 0 Å². The molecule has 0 fully saturated rings. The fourth-order valence-corrected chi connectivity index (χ4v) is 2.87. The fourth-order valence-electron chi connectivity index (χ4n) is 1.86. The summed E-state index contributed by atoms with van der Waals surface area (Å²) in [5.41, 5.74) is 5.87. The van der Waals surface area contributed by atoms with Gasteiger partial charge in [-0.05, 0) is 18.9 Å². The zero-order valence-electron chi connectivity index (χ0n) is 12.0. The Hall–Kier alpha value is -1.44. The number of halogens is 1. The number of nitrogens with zero attached hydrogens (tertiary/aromatic N) is 2. The summed E-state index contributed by atoms with van der Waals surface area (Å²) < 4.78 is 5.13. The number of nitrogens with two attached hydrogens (primary N) is 1. The highest BCUT2D eigenvalue weighted by Crippen LogP contribution is 2.28. The van der Waals surface area contributed by atoms with Gasteiger partial charge >= 0.3 is 0 Å². The molecule has 2 aromatic rings. The van der Waals surface area contributed by atoms with Crippen LogP contribution in [0.1, 0.15) is 53.7 Å². The van der Waals surface area contributed by atoms with Gasteiger partial charge < -0.3 is 10.2 Å². The standard InChI is InChI=1S/C13H18N4O2S.ClH/c1-3-8(4-2)12-16-17-13(20-12)15-11(18)9-5-10(6-14)19-7-9;/h5,7-8H,3-4,6,14H2,1-2H3,(H,15,17,18);1H. The minimum Gasteiger partial charge on any atom is -0.467 e. The molecule has 2 aromatic heterocycles. The van der Waals surface area contributed by atoms with E-state index >= 15 is 0 Å². The third kappa shape index (κ3) is 4.26. The van der Waals surface area contributed by atoms with Crippen LogP contribution in [-0.4, -0.2) is 16.1 Å². The number of nitrogens with one attached hydrogen (secondary N) is 1. The minimum atomic E-state index is -0.263. The number of carbonyl (C=O) groups is 1. The van der Waals surface area contributed by atoms with E-state index in [2.05, 4.69) is 29.4 Å². The first-order chi connectivity index (χ1) is 9.67. The van der Waals surface area contributed by atoms with Crippen LogP contribution in [0.2, 0.25) is 0 Å². The van der Waals surface area contributed by atoms with Crippen LogP contribution >= 0.6 is 23.7 Å².